The summed E-state index contributed by atoms with van der Waals surface area (Å²) in [6, 6.07) is 7.51. The van der Waals surface area contributed by atoms with E-state index in [0.717, 1.165) is 18.4 Å². The second-order valence-corrected chi connectivity index (χ2v) is 5.34. The number of nitrogens with one attached hydrogen (secondary N) is 2. The third kappa shape index (κ3) is 4.70. The summed E-state index contributed by atoms with van der Waals surface area (Å²) >= 11 is 5.80. The Morgan fingerprint density at radius 1 is 1.30 bits per heavy atom. The Balaban J connectivity index is 1.84. The van der Waals surface area contributed by atoms with Gasteiger partial charge in [-0.1, -0.05) is 23.7 Å². The third-order valence-electron chi connectivity index (χ3n) is 2.96. The number of hydrogen-bond acceptors (Lipinski definition) is 2. The molecule has 1 fully saturated rings. The predicted octanol–water partition coefficient (Wildman–Crippen LogP) is 2.14. The molecule has 2 amide bonds. The van der Waals surface area contributed by atoms with Crippen molar-refractivity contribution in [3.05, 3.63) is 40.4 Å². The van der Waals surface area contributed by atoms with Crippen LogP contribution in [0.4, 0.5) is 0 Å². The van der Waals surface area contributed by atoms with Gasteiger partial charge in [-0.3, -0.25) is 9.59 Å². The van der Waals surface area contributed by atoms with Crippen molar-refractivity contribution in [1.82, 2.24) is 10.6 Å². The van der Waals surface area contributed by atoms with E-state index in [-0.39, 0.29) is 18.4 Å². The van der Waals surface area contributed by atoms with Gasteiger partial charge in [0.25, 0.3) is 0 Å². The van der Waals surface area contributed by atoms with Crippen LogP contribution in [0.3, 0.4) is 0 Å². The van der Waals surface area contributed by atoms with Crippen molar-refractivity contribution in [2.24, 2.45) is 0 Å². The molecule has 106 valence electrons. The van der Waals surface area contributed by atoms with Crippen LogP contribution in [0.15, 0.2) is 29.8 Å². The summed E-state index contributed by atoms with van der Waals surface area (Å²) in [5, 5.41) is 6.07. The molecular weight excluding hydrogens is 276 g/mol. The first-order valence-corrected chi connectivity index (χ1v) is 6.94. The van der Waals surface area contributed by atoms with Crippen molar-refractivity contribution in [1.29, 1.82) is 0 Å². The Morgan fingerprint density at radius 3 is 2.55 bits per heavy atom. The Hall–Kier alpha value is -1.81. The van der Waals surface area contributed by atoms with Gasteiger partial charge in [0, 0.05) is 16.6 Å². The predicted molar refractivity (Wildman–Crippen MR) is 79.3 cm³/mol. The fraction of sp³-hybridized carbons (Fsp3) is 0.333. The maximum absolute atomic E-state index is 11.8. The smallest absolute Gasteiger partial charge is 0.247 e. The molecule has 1 aromatic rings. The molecule has 20 heavy (non-hydrogen) atoms. The normalized spacial score (nSPS) is 14.8. The SMILES string of the molecule is C/C(=C\c1ccc(Cl)cc1)C(=O)NCC(=O)NC1CC1. The van der Waals surface area contributed by atoms with Gasteiger partial charge in [0.2, 0.25) is 11.8 Å². The van der Waals surface area contributed by atoms with Gasteiger partial charge in [-0.15, -0.1) is 0 Å². The molecule has 0 aromatic heterocycles. The standard InChI is InChI=1S/C15H17ClN2O2/c1-10(8-11-2-4-12(16)5-3-11)15(20)17-9-14(19)18-13-6-7-13/h2-5,8,13H,6-7,9H2,1H3,(H,17,20)(H,18,19)/b10-8+. The van der Waals surface area contributed by atoms with E-state index in [1.54, 1.807) is 25.1 Å². The van der Waals surface area contributed by atoms with Crippen LogP contribution in [0.25, 0.3) is 6.08 Å². The van der Waals surface area contributed by atoms with Crippen LogP contribution in [0.1, 0.15) is 25.3 Å². The van der Waals surface area contributed by atoms with Crippen molar-refractivity contribution in [3.63, 3.8) is 0 Å². The lowest BCUT2D eigenvalue weighted by Gasteiger charge is -2.06. The number of carbonyl (C=O) groups excluding carboxylic acids is 2. The fourth-order valence-corrected chi connectivity index (χ4v) is 1.81. The Bertz CT molecular complexity index is 533. The summed E-state index contributed by atoms with van der Waals surface area (Å²) in [6.45, 7) is 1.73. The van der Waals surface area contributed by atoms with Crippen LogP contribution >= 0.6 is 11.6 Å². The quantitative estimate of drug-likeness (QED) is 0.817. The zero-order valence-corrected chi connectivity index (χ0v) is 12.0. The first-order valence-electron chi connectivity index (χ1n) is 6.56. The van der Waals surface area contributed by atoms with Gasteiger partial charge < -0.3 is 10.6 Å². The molecule has 0 aliphatic heterocycles. The van der Waals surface area contributed by atoms with Crippen LogP contribution < -0.4 is 10.6 Å². The summed E-state index contributed by atoms with van der Waals surface area (Å²) in [5.74, 6) is -0.383. The summed E-state index contributed by atoms with van der Waals surface area (Å²) < 4.78 is 0. The van der Waals surface area contributed by atoms with E-state index in [1.165, 1.54) is 0 Å². The highest BCUT2D eigenvalue weighted by atomic mass is 35.5. The first kappa shape index (κ1) is 14.6. The molecule has 0 bridgehead atoms. The van der Waals surface area contributed by atoms with Gasteiger partial charge in [-0.05, 0) is 43.5 Å². The average Bonchev–Trinajstić information content (AvgIpc) is 3.22. The maximum Gasteiger partial charge on any atom is 0.247 e. The van der Waals surface area contributed by atoms with Crippen LogP contribution in [0.2, 0.25) is 5.02 Å². The lowest BCUT2D eigenvalue weighted by atomic mass is 10.1. The second kappa shape index (κ2) is 6.57. The van der Waals surface area contributed by atoms with Gasteiger partial charge in [0.15, 0.2) is 0 Å². The molecule has 4 nitrogen and oxygen atoms in total. The van der Waals surface area contributed by atoms with Crippen LogP contribution in [-0.4, -0.2) is 24.4 Å². The number of halogens is 1. The third-order valence-corrected chi connectivity index (χ3v) is 3.22. The monoisotopic (exact) mass is 292 g/mol. The number of benzene rings is 1. The van der Waals surface area contributed by atoms with E-state index in [4.69, 9.17) is 11.6 Å². The van der Waals surface area contributed by atoms with Crippen LogP contribution in [0, 0.1) is 0 Å². The minimum absolute atomic E-state index is 0.0150. The van der Waals surface area contributed by atoms with Crippen molar-refractivity contribution in [2.75, 3.05) is 6.54 Å². The molecule has 0 radical (unpaired) electrons. The highest BCUT2D eigenvalue weighted by Gasteiger charge is 2.23. The molecule has 1 aromatic carbocycles. The number of hydrogen-bond donors (Lipinski definition) is 2. The molecule has 2 rings (SSSR count). The summed E-state index contributed by atoms with van der Waals surface area (Å²) in [4.78, 5) is 23.3. The van der Waals surface area contributed by atoms with E-state index < -0.39 is 0 Å². The van der Waals surface area contributed by atoms with Crippen LogP contribution in [0.5, 0.6) is 0 Å². The van der Waals surface area contributed by atoms with Gasteiger partial charge in [-0.2, -0.15) is 0 Å². The summed E-state index contributed by atoms with van der Waals surface area (Å²) in [7, 11) is 0. The molecule has 0 atom stereocenters. The molecule has 5 heteroatoms. The highest BCUT2D eigenvalue weighted by molar-refractivity contribution is 6.30. The van der Waals surface area contributed by atoms with Gasteiger partial charge >= 0.3 is 0 Å². The Labute approximate surface area is 123 Å². The maximum atomic E-state index is 11.8. The molecule has 0 heterocycles. The first-order chi connectivity index (χ1) is 9.54. The summed E-state index contributed by atoms with van der Waals surface area (Å²) in [5.41, 5.74) is 1.44. The summed E-state index contributed by atoms with van der Waals surface area (Å²) in [6.07, 6.45) is 3.83. The topological polar surface area (TPSA) is 58.2 Å². The van der Waals surface area contributed by atoms with E-state index in [1.807, 2.05) is 12.1 Å². The van der Waals surface area contributed by atoms with Crippen molar-refractivity contribution >= 4 is 29.5 Å². The number of amides is 2. The van der Waals surface area contributed by atoms with Crippen molar-refractivity contribution < 1.29 is 9.59 Å². The largest absolute Gasteiger partial charge is 0.352 e. The van der Waals surface area contributed by atoms with E-state index >= 15 is 0 Å². The van der Waals surface area contributed by atoms with Gasteiger partial charge in [0.1, 0.15) is 0 Å². The van der Waals surface area contributed by atoms with Gasteiger partial charge in [0.05, 0.1) is 6.54 Å². The average molecular weight is 293 g/mol. The molecule has 1 saturated carbocycles. The molecule has 1 aliphatic rings. The molecular formula is C15H17ClN2O2. The zero-order valence-electron chi connectivity index (χ0n) is 11.3. The molecule has 0 unspecified atom stereocenters. The highest BCUT2D eigenvalue weighted by Crippen LogP contribution is 2.18. The lowest BCUT2D eigenvalue weighted by molar-refractivity contribution is -0.124. The Morgan fingerprint density at radius 2 is 1.95 bits per heavy atom. The molecule has 0 saturated heterocycles. The number of carbonyl (C=O) groups is 2. The Kier molecular flexibility index (Phi) is 4.79. The second-order valence-electron chi connectivity index (χ2n) is 4.90. The lowest BCUT2D eigenvalue weighted by Crippen LogP contribution is -2.38. The van der Waals surface area contributed by atoms with Crippen molar-refractivity contribution in [2.45, 2.75) is 25.8 Å². The minimum Gasteiger partial charge on any atom is -0.352 e. The molecule has 2 N–H and O–H groups in total. The van der Waals surface area contributed by atoms with Gasteiger partial charge in [-0.25, -0.2) is 0 Å². The van der Waals surface area contributed by atoms with Crippen molar-refractivity contribution in [3.8, 4) is 0 Å². The minimum atomic E-state index is -0.245. The molecule has 0 spiro atoms. The molecule has 1 aliphatic carbocycles. The fourth-order valence-electron chi connectivity index (χ4n) is 1.68. The van der Waals surface area contributed by atoms with E-state index in [9.17, 15) is 9.59 Å². The van der Waals surface area contributed by atoms with E-state index in [0.29, 0.717) is 16.6 Å². The zero-order chi connectivity index (χ0) is 14.5. The van der Waals surface area contributed by atoms with E-state index in [2.05, 4.69) is 10.6 Å². The number of rotatable bonds is 5. The van der Waals surface area contributed by atoms with Crippen LogP contribution in [-0.2, 0) is 9.59 Å².